The molecule has 0 aromatic heterocycles. The third kappa shape index (κ3) is 7.38. The highest BCUT2D eigenvalue weighted by Gasteiger charge is 2.35. The normalized spacial score (nSPS) is 13.9. The summed E-state index contributed by atoms with van der Waals surface area (Å²) in [4.78, 5) is 11.7. The Labute approximate surface area is 158 Å². The van der Waals surface area contributed by atoms with Gasteiger partial charge in [-0.25, -0.2) is 4.79 Å². The van der Waals surface area contributed by atoms with E-state index in [1.54, 1.807) is 21.3 Å². The molecule has 145 valence electrons. The summed E-state index contributed by atoms with van der Waals surface area (Å²) in [5, 5.41) is 12.9. The molecule has 5 nitrogen and oxygen atoms in total. The fourth-order valence-corrected chi connectivity index (χ4v) is 1.93. The Balaban J connectivity index is 2.55. The topological polar surface area (TPSA) is 67.8 Å². The summed E-state index contributed by atoms with van der Waals surface area (Å²) in [6, 6.07) is 7.93. The third-order valence-corrected chi connectivity index (χ3v) is 4.42. The van der Waals surface area contributed by atoms with Crippen molar-refractivity contribution in [2.45, 2.75) is 78.1 Å². The van der Waals surface area contributed by atoms with Crippen LogP contribution in [-0.4, -0.2) is 42.0 Å². The Morgan fingerprint density at radius 2 is 1.65 bits per heavy atom. The number of amides is 1. The molecule has 0 saturated heterocycles. The van der Waals surface area contributed by atoms with Gasteiger partial charge in [0, 0.05) is 6.54 Å². The number of hydrogen-bond donors (Lipinski definition) is 2. The van der Waals surface area contributed by atoms with Crippen molar-refractivity contribution in [3.63, 3.8) is 0 Å². The number of alkyl carbamates (subject to hydrolysis) is 1. The molecule has 1 rings (SSSR count). The Kier molecular flexibility index (Phi) is 7.31. The molecule has 1 unspecified atom stereocenters. The first kappa shape index (κ1) is 22.5. The first-order valence-corrected chi connectivity index (χ1v) is 9.01. The van der Waals surface area contributed by atoms with Gasteiger partial charge in [0.1, 0.15) is 5.60 Å². The highest BCUT2D eigenvalue weighted by Crippen LogP contribution is 2.24. The van der Waals surface area contributed by atoms with E-state index in [4.69, 9.17) is 9.39 Å². The molecule has 0 aliphatic heterocycles. The summed E-state index contributed by atoms with van der Waals surface area (Å²) in [6.45, 7) is 15.2. The van der Waals surface area contributed by atoms with Crippen LogP contribution < -0.4 is 10.8 Å². The minimum Gasteiger partial charge on any atom is -0.444 e. The van der Waals surface area contributed by atoms with Crippen LogP contribution in [0.3, 0.4) is 0 Å². The van der Waals surface area contributed by atoms with Crippen LogP contribution in [0.25, 0.3) is 0 Å². The van der Waals surface area contributed by atoms with Crippen LogP contribution >= 0.6 is 0 Å². The van der Waals surface area contributed by atoms with Gasteiger partial charge in [0.25, 0.3) is 0 Å². The van der Waals surface area contributed by atoms with Gasteiger partial charge in [0.05, 0.1) is 11.2 Å². The Morgan fingerprint density at radius 1 is 1.12 bits per heavy atom. The average Bonchev–Trinajstić information content (AvgIpc) is 2.48. The molecule has 1 radical (unpaired) electrons. The lowest BCUT2D eigenvalue weighted by Crippen LogP contribution is -2.49. The zero-order valence-electron chi connectivity index (χ0n) is 17.3. The van der Waals surface area contributed by atoms with E-state index in [2.05, 4.69) is 5.32 Å². The molecular weight excluding hydrogens is 329 g/mol. The summed E-state index contributed by atoms with van der Waals surface area (Å²) in [6.07, 6.45) is -0.406. The lowest BCUT2D eigenvalue weighted by molar-refractivity contribution is -0.0893. The second-order valence-corrected chi connectivity index (χ2v) is 8.76. The van der Waals surface area contributed by atoms with Crippen LogP contribution in [0.15, 0.2) is 24.3 Å². The molecule has 0 aliphatic rings. The van der Waals surface area contributed by atoms with Gasteiger partial charge in [-0.05, 0) is 59.9 Å². The van der Waals surface area contributed by atoms with Crippen molar-refractivity contribution in [1.29, 1.82) is 0 Å². The number of nitrogens with one attached hydrogen (secondary N) is 1. The number of benzene rings is 1. The number of ether oxygens (including phenoxy) is 1. The number of hydrogen-bond acceptors (Lipinski definition) is 4. The number of aliphatic hydroxyl groups is 1. The van der Waals surface area contributed by atoms with Crippen molar-refractivity contribution in [3.05, 3.63) is 29.8 Å². The summed E-state index contributed by atoms with van der Waals surface area (Å²) in [5.41, 5.74) is -0.123. The van der Waals surface area contributed by atoms with E-state index in [1.165, 1.54) is 0 Å². The van der Waals surface area contributed by atoms with E-state index < -0.39 is 22.9 Å². The van der Waals surface area contributed by atoms with Crippen molar-refractivity contribution >= 4 is 19.0 Å². The smallest absolute Gasteiger partial charge is 0.407 e. The van der Waals surface area contributed by atoms with Gasteiger partial charge < -0.3 is 19.8 Å². The molecule has 0 bridgehead atoms. The standard InChI is InChI=1S/C20H33BNO4/c1-14(13-22-17(23)25-18(2,3)4)15-9-11-16(12-10-15)21-26-20(7,8)19(5,6)24/h9-12,14,24H,13H2,1-8H3,(H,22,23). The molecule has 1 aromatic rings. The lowest BCUT2D eigenvalue weighted by atomic mass is 9.82. The second-order valence-electron chi connectivity index (χ2n) is 8.76. The highest BCUT2D eigenvalue weighted by molar-refractivity contribution is 6.47. The van der Waals surface area contributed by atoms with E-state index in [0.29, 0.717) is 6.54 Å². The second kappa shape index (κ2) is 8.44. The van der Waals surface area contributed by atoms with Gasteiger partial charge in [-0.15, -0.1) is 0 Å². The highest BCUT2D eigenvalue weighted by atomic mass is 16.6. The number of rotatable bonds is 7. The van der Waals surface area contributed by atoms with Crippen LogP contribution in [-0.2, 0) is 9.39 Å². The Bertz CT molecular complexity index is 585. The molecule has 1 aromatic carbocycles. The van der Waals surface area contributed by atoms with Gasteiger partial charge in [-0.3, -0.25) is 0 Å². The van der Waals surface area contributed by atoms with E-state index in [9.17, 15) is 9.90 Å². The van der Waals surface area contributed by atoms with Crippen LogP contribution in [0, 0.1) is 0 Å². The van der Waals surface area contributed by atoms with Crippen LogP contribution in [0.4, 0.5) is 4.79 Å². The molecule has 0 fully saturated rings. The molecule has 0 saturated carbocycles. The zero-order chi connectivity index (χ0) is 20.2. The minimum absolute atomic E-state index is 0.158. The summed E-state index contributed by atoms with van der Waals surface area (Å²) < 4.78 is 11.0. The summed E-state index contributed by atoms with van der Waals surface area (Å²) in [7, 11) is 1.66. The molecule has 0 heterocycles. The van der Waals surface area contributed by atoms with Crippen molar-refractivity contribution in [2.75, 3.05) is 6.54 Å². The van der Waals surface area contributed by atoms with E-state index in [0.717, 1.165) is 11.0 Å². The SMILES string of the molecule is CC(CNC(=O)OC(C)(C)C)c1ccc([B]OC(C)(C)C(C)(C)O)cc1. The van der Waals surface area contributed by atoms with Gasteiger partial charge in [-0.2, -0.15) is 0 Å². The van der Waals surface area contributed by atoms with E-state index >= 15 is 0 Å². The first-order valence-electron chi connectivity index (χ1n) is 9.01. The average molecular weight is 362 g/mol. The predicted octanol–water partition coefficient (Wildman–Crippen LogP) is 3.13. The summed E-state index contributed by atoms with van der Waals surface area (Å²) in [5.74, 6) is 0.158. The molecule has 0 spiro atoms. The van der Waals surface area contributed by atoms with E-state index in [1.807, 2.05) is 65.8 Å². The van der Waals surface area contributed by atoms with E-state index in [-0.39, 0.29) is 5.92 Å². The maximum atomic E-state index is 11.7. The number of carbonyl (C=O) groups excluding carboxylic acids is 1. The monoisotopic (exact) mass is 362 g/mol. The molecule has 1 amide bonds. The van der Waals surface area contributed by atoms with Gasteiger partial charge in [0.15, 0.2) is 0 Å². The Morgan fingerprint density at radius 3 is 2.12 bits per heavy atom. The molecule has 2 N–H and O–H groups in total. The van der Waals surface area contributed by atoms with Crippen molar-refractivity contribution in [1.82, 2.24) is 5.32 Å². The van der Waals surface area contributed by atoms with Gasteiger partial charge in [0.2, 0.25) is 0 Å². The first-order chi connectivity index (χ1) is 11.7. The lowest BCUT2D eigenvalue weighted by Gasteiger charge is -2.37. The van der Waals surface area contributed by atoms with Crippen molar-refractivity contribution in [3.8, 4) is 0 Å². The minimum atomic E-state index is -0.953. The van der Waals surface area contributed by atoms with Crippen LogP contribution in [0.2, 0.25) is 0 Å². The maximum Gasteiger partial charge on any atom is 0.407 e. The summed E-state index contributed by atoms with van der Waals surface area (Å²) >= 11 is 0. The molecule has 26 heavy (non-hydrogen) atoms. The van der Waals surface area contributed by atoms with Crippen molar-refractivity contribution < 1.29 is 19.3 Å². The fourth-order valence-electron chi connectivity index (χ4n) is 1.93. The zero-order valence-corrected chi connectivity index (χ0v) is 17.3. The predicted molar refractivity (Wildman–Crippen MR) is 106 cm³/mol. The molecule has 6 heteroatoms. The molecular formula is C20H33BNO4. The fraction of sp³-hybridized carbons (Fsp3) is 0.650. The Hall–Kier alpha value is -1.53. The number of carbonyl (C=O) groups is 1. The van der Waals surface area contributed by atoms with Crippen molar-refractivity contribution in [2.24, 2.45) is 0 Å². The largest absolute Gasteiger partial charge is 0.444 e. The van der Waals surface area contributed by atoms with Crippen LogP contribution in [0.5, 0.6) is 0 Å². The van der Waals surface area contributed by atoms with Crippen LogP contribution in [0.1, 0.15) is 66.9 Å². The van der Waals surface area contributed by atoms with Gasteiger partial charge in [-0.1, -0.05) is 36.7 Å². The maximum absolute atomic E-state index is 11.7. The third-order valence-electron chi connectivity index (χ3n) is 4.42. The quantitative estimate of drug-likeness (QED) is 0.732. The van der Waals surface area contributed by atoms with Gasteiger partial charge >= 0.3 is 13.6 Å². The molecule has 0 aliphatic carbocycles. The molecule has 1 atom stereocenters.